The summed E-state index contributed by atoms with van der Waals surface area (Å²) < 4.78 is 4.96. The Balaban J connectivity index is 1.66. The SMILES string of the molecule is CCOC(=O)c1ccc(Nc2ccnc(NC3CC3)n2)cc1. The van der Waals surface area contributed by atoms with Crippen molar-refractivity contribution in [2.45, 2.75) is 25.8 Å². The molecule has 6 heteroatoms. The van der Waals surface area contributed by atoms with E-state index in [-0.39, 0.29) is 5.97 Å². The zero-order valence-corrected chi connectivity index (χ0v) is 12.4. The van der Waals surface area contributed by atoms with E-state index >= 15 is 0 Å². The molecule has 0 bridgehead atoms. The lowest BCUT2D eigenvalue weighted by molar-refractivity contribution is 0.0526. The molecule has 1 saturated carbocycles. The van der Waals surface area contributed by atoms with Gasteiger partial charge in [0.1, 0.15) is 5.82 Å². The predicted molar refractivity (Wildman–Crippen MR) is 84.4 cm³/mol. The van der Waals surface area contributed by atoms with Crippen LogP contribution in [0.15, 0.2) is 36.5 Å². The highest BCUT2D eigenvalue weighted by molar-refractivity contribution is 5.89. The predicted octanol–water partition coefficient (Wildman–Crippen LogP) is 2.97. The third kappa shape index (κ3) is 3.72. The van der Waals surface area contributed by atoms with Crippen LogP contribution in [0.3, 0.4) is 0 Å². The van der Waals surface area contributed by atoms with Crippen LogP contribution in [-0.2, 0) is 4.74 Å². The second-order valence-corrected chi connectivity index (χ2v) is 5.11. The highest BCUT2D eigenvalue weighted by atomic mass is 16.5. The Morgan fingerprint density at radius 1 is 1.27 bits per heavy atom. The Kier molecular flexibility index (Phi) is 4.18. The number of esters is 1. The maximum absolute atomic E-state index is 11.6. The van der Waals surface area contributed by atoms with Crippen molar-refractivity contribution in [3.05, 3.63) is 42.1 Å². The molecular weight excluding hydrogens is 280 g/mol. The molecule has 1 aromatic heterocycles. The van der Waals surface area contributed by atoms with Gasteiger partial charge in [0.2, 0.25) is 5.95 Å². The second kappa shape index (κ2) is 6.43. The number of benzene rings is 1. The van der Waals surface area contributed by atoms with Gasteiger partial charge in [0.15, 0.2) is 0 Å². The Bertz CT molecular complexity index is 653. The number of nitrogens with zero attached hydrogens (tertiary/aromatic N) is 2. The number of anilines is 3. The maximum atomic E-state index is 11.6. The highest BCUT2D eigenvalue weighted by Crippen LogP contribution is 2.23. The lowest BCUT2D eigenvalue weighted by Gasteiger charge is -2.08. The van der Waals surface area contributed by atoms with E-state index in [9.17, 15) is 4.79 Å². The van der Waals surface area contributed by atoms with Crippen molar-refractivity contribution < 1.29 is 9.53 Å². The zero-order chi connectivity index (χ0) is 15.4. The van der Waals surface area contributed by atoms with Crippen molar-refractivity contribution >= 4 is 23.4 Å². The number of carbonyl (C=O) groups is 1. The van der Waals surface area contributed by atoms with Crippen LogP contribution in [0.2, 0.25) is 0 Å². The summed E-state index contributed by atoms with van der Waals surface area (Å²) in [4.78, 5) is 20.2. The lowest BCUT2D eigenvalue weighted by atomic mass is 10.2. The molecule has 3 rings (SSSR count). The van der Waals surface area contributed by atoms with Crippen molar-refractivity contribution in [2.75, 3.05) is 17.2 Å². The molecule has 1 heterocycles. The minimum absolute atomic E-state index is 0.313. The van der Waals surface area contributed by atoms with Crippen molar-refractivity contribution in [2.24, 2.45) is 0 Å². The molecule has 2 N–H and O–H groups in total. The smallest absolute Gasteiger partial charge is 0.338 e. The average Bonchev–Trinajstić information content (AvgIpc) is 3.32. The van der Waals surface area contributed by atoms with Crippen LogP contribution in [0, 0.1) is 0 Å². The Morgan fingerprint density at radius 2 is 2.05 bits per heavy atom. The number of ether oxygens (including phenoxy) is 1. The molecule has 0 saturated heterocycles. The molecule has 6 nitrogen and oxygen atoms in total. The second-order valence-electron chi connectivity index (χ2n) is 5.11. The van der Waals surface area contributed by atoms with Gasteiger partial charge in [-0.05, 0) is 50.1 Å². The van der Waals surface area contributed by atoms with Crippen molar-refractivity contribution in [3.8, 4) is 0 Å². The minimum Gasteiger partial charge on any atom is -0.462 e. The third-order valence-corrected chi connectivity index (χ3v) is 3.23. The first-order valence-electron chi connectivity index (χ1n) is 7.38. The molecule has 0 amide bonds. The lowest BCUT2D eigenvalue weighted by Crippen LogP contribution is -2.06. The van der Waals surface area contributed by atoms with Crippen LogP contribution in [-0.4, -0.2) is 28.6 Å². The van der Waals surface area contributed by atoms with Gasteiger partial charge in [-0.25, -0.2) is 9.78 Å². The molecule has 0 atom stereocenters. The average molecular weight is 298 g/mol. The molecule has 0 spiro atoms. The maximum Gasteiger partial charge on any atom is 0.338 e. The van der Waals surface area contributed by atoms with Crippen LogP contribution in [0.25, 0.3) is 0 Å². The molecular formula is C16H18N4O2. The van der Waals surface area contributed by atoms with Gasteiger partial charge in [-0.1, -0.05) is 0 Å². The standard InChI is InChI=1S/C16H18N4O2/c1-2-22-15(21)11-3-5-12(6-4-11)18-14-9-10-17-16(20-14)19-13-7-8-13/h3-6,9-10,13H,2,7-8H2,1H3,(H2,17,18,19,20). The summed E-state index contributed by atoms with van der Waals surface area (Å²) in [5.41, 5.74) is 1.38. The number of hydrogen-bond donors (Lipinski definition) is 2. The normalized spacial score (nSPS) is 13.5. The van der Waals surface area contributed by atoms with Gasteiger partial charge in [0.05, 0.1) is 12.2 Å². The quantitative estimate of drug-likeness (QED) is 0.798. The van der Waals surface area contributed by atoms with E-state index in [1.807, 2.05) is 12.1 Å². The molecule has 2 aromatic rings. The van der Waals surface area contributed by atoms with Crippen LogP contribution in [0.4, 0.5) is 17.5 Å². The first kappa shape index (κ1) is 14.3. The van der Waals surface area contributed by atoms with Crippen LogP contribution >= 0.6 is 0 Å². The Labute approximate surface area is 128 Å². The summed E-state index contributed by atoms with van der Waals surface area (Å²) in [7, 11) is 0. The molecule has 1 fully saturated rings. The zero-order valence-electron chi connectivity index (χ0n) is 12.4. The number of rotatable bonds is 6. The summed E-state index contributed by atoms with van der Waals surface area (Å²) in [6.45, 7) is 2.16. The summed E-state index contributed by atoms with van der Waals surface area (Å²) in [6.07, 6.45) is 4.07. The molecule has 0 radical (unpaired) electrons. The first-order valence-corrected chi connectivity index (χ1v) is 7.38. The van der Waals surface area contributed by atoms with E-state index in [1.54, 1.807) is 31.3 Å². The van der Waals surface area contributed by atoms with Crippen LogP contribution in [0.1, 0.15) is 30.1 Å². The molecule has 0 aliphatic heterocycles. The fraction of sp³-hybridized carbons (Fsp3) is 0.312. The number of hydrogen-bond acceptors (Lipinski definition) is 6. The van der Waals surface area contributed by atoms with Gasteiger partial charge >= 0.3 is 5.97 Å². The fourth-order valence-corrected chi connectivity index (χ4v) is 1.96. The van der Waals surface area contributed by atoms with E-state index in [0.717, 1.165) is 5.69 Å². The van der Waals surface area contributed by atoms with E-state index in [2.05, 4.69) is 20.6 Å². The van der Waals surface area contributed by atoms with Gasteiger partial charge in [-0.2, -0.15) is 4.98 Å². The third-order valence-electron chi connectivity index (χ3n) is 3.23. The Hall–Kier alpha value is -2.63. The molecule has 0 unspecified atom stereocenters. The van der Waals surface area contributed by atoms with Crippen LogP contribution in [0.5, 0.6) is 0 Å². The largest absolute Gasteiger partial charge is 0.462 e. The van der Waals surface area contributed by atoms with Crippen molar-refractivity contribution in [3.63, 3.8) is 0 Å². The van der Waals surface area contributed by atoms with Gasteiger partial charge < -0.3 is 15.4 Å². The minimum atomic E-state index is -0.313. The van der Waals surface area contributed by atoms with E-state index in [0.29, 0.717) is 30.0 Å². The molecule has 1 aliphatic rings. The van der Waals surface area contributed by atoms with Gasteiger partial charge in [0, 0.05) is 17.9 Å². The molecule has 1 aliphatic carbocycles. The van der Waals surface area contributed by atoms with E-state index in [1.165, 1.54) is 12.8 Å². The molecule has 114 valence electrons. The van der Waals surface area contributed by atoms with Crippen molar-refractivity contribution in [1.82, 2.24) is 9.97 Å². The number of nitrogens with one attached hydrogen (secondary N) is 2. The summed E-state index contributed by atoms with van der Waals surface area (Å²) >= 11 is 0. The fourth-order valence-electron chi connectivity index (χ4n) is 1.96. The summed E-state index contributed by atoms with van der Waals surface area (Å²) in [6, 6.07) is 9.41. The highest BCUT2D eigenvalue weighted by Gasteiger charge is 2.21. The topological polar surface area (TPSA) is 76.1 Å². The van der Waals surface area contributed by atoms with Gasteiger partial charge in [0.25, 0.3) is 0 Å². The number of aromatic nitrogens is 2. The Morgan fingerprint density at radius 3 is 2.73 bits per heavy atom. The molecule has 22 heavy (non-hydrogen) atoms. The van der Waals surface area contributed by atoms with E-state index < -0.39 is 0 Å². The van der Waals surface area contributed by atoms with Gasteiger partial charge in [-0.3, -0.25) is 0 Å². The van der Waals surface area contributed by atoms with Gasteiger partial charge in [-0.15, -0.1) is 0 Å². The van der Waals surface area contributed by atoms with E-state index in [4.69, 9.17) is 4.74 Å². The summed E-state index contributed by atoms with van der Waals surface area (Å²) in [5, 5.41) is 6.45. The first-order chi connectivity index (χ1) is 10.7. The van der Waals surface area contributed by atoms with Crippen molar-refractivity contribution in [1.29, 1.82) is 0 Å². The molecule has 1 aromatic carbocycles. The van der Waals surface area contributed by atoms with Crippen LogP contribution < -0.4 is 10.6 Å². The summed E-state index contributed by atoms with van der Waals surface area (Å²) in [5.74, 6) is 1.03. The monoisotopic (exact) mass is 298 g/mol. The number of carbonyl (C=O) groups excluding carboxylic acids is 1.